The summed E-state index contributed by atoms with van der Waals surface area (Å²) < 4.78 is 0. The number of aromatic nitrogens is 3. The summed E-state index contributed by atoms with van der Waals surface area (Å²) in [5.74, 6) is 1.65. The zero-order valence-corrected chi connectivity index (χ0v) is 11.9. The molecule has 1 atom stereocenters. The van der Waals surface area contributed by atoms with E-state index >= 15 is 0 Å². The maximum Gasteiger partial charge on any atom is 0.111 e. The minimum Gasteiger partial charge on any atom is -0.342 e. The number of nitrogens with zero attached hydrogens (tertiary/aromatic N) is 3. The Morgan fingerprint density at radius 3 is 2.86 bits per heavy atom. The molecule has 0 bridgehead atoms. The second kappa shape index (κ2) is 5.30. The topological polar surface area (TPSA) is 44.8 Å². The van der Waals surface area contributed by atoms with E-state index < -0.39 is 0 Å². The number of rotatable bonds is 3. The van der Waals surface area contributed by atoms with Crippen molar-refractivity contribution in [3.63, 3.8) is 0 Å². The molecule has 2 aromatic heterocycles. The largest absolute Gasteiger partial charge is 0.342 e. The molecule has 4 heteroatoms. The highest BCUT2D eigenvalue weighted by molar-refractivity contribution is 5.74. The van der Waals surface area contributed by atoms with Crippen LogP contribution in [0.5, 0.6) is 0 Å². The molecule has 3 aromatic rings. The number of para-hydroxylation sites is 2. The van der Waals surface area contributed by atoms with Crippen molar-refractivity contribution < 1.29 is 0 Å². The van der Waals surface area contributed by atoms with Crippen molar-refractivity contribution in [1.82, 2.24) is 19.9 Å². The minimum absolute atomic E-state index is 0.513. The van der Waals surface area contributed by atoms with Crippen LogP contribution in [0, 0.1) is 0 Å². The summed E-state index contributed by atoms with van der Waals surface area (Å²) in [4.78, 5) is 14.8. The van der Waals surface area contributed by atoms with Crippen LogP contribution in [0.3, 0.4) is 0 Å². The standard InChI is InChI=1S/C17H18N4/c1-2-4-16-15(3-1)19-17(20-16)14-7-10-21(12-14)11-13-5-8-18-9-6-13/h1-6,8-9,14H,7,10-12H2,(H,19,20). The summed E-state index contributed by atoms with van der Waals surface area (Å²) >= 11 is 0. The highest BCUT2D eigenvalue weighted by atomic mass is 15.2. The van der Waals surface area contributed by atoms with Crippen LogP contribution < -0.4 is 0 Å². The smallest absolute Gasteiger partial charge is 0.111 e. The molecule has 0 spiro atoms. The molecule has 4 rings (SSSR count). The Morgan fingerprint density at radius 1 is 1.14 bits per heavy atom. The molecule has 1 saturated heterocycles. The number of nitrogens with one attached hydrogen (secondary N) is 1. The second-order valence-electron chi connectivity index (χ2n) is 5.72. The third-order valence-corrected chi connectivity index (χ3v) is 4.22. The van der Waals surface area contributed by atoms with Crippen LogP contribution in [-0.4, -0.2) is 32.9 Å². The fourth-order valence-corrected chi connectivity index (χ4v) is 3.11. The first-order valence-electron chi connectivity index (χ1n) is 7.44. The summed E-state index contributed by atoms with van der Waals surface area (Å²) in [6.07, 6.45) is 4.90. The maximum absolute atomic E-state index is 4.74. The van der Waals surface area contributed by atoms with Gasteiger partial charge in [-0.25, -0.2) is 4.98 Å². The van der Waals surface area contributed by atoms with E-state index in [0.29, 0.717) is 5.92 Å². The Kier molecular flexibility index (Phi) is 3.16. The lowest BCUT2D eigenvalue weighted by Crippen LogP contribution is -2.19. The number of likely N-dealkylation sites (tertiary alicyclic amines) is 1. The van der Waals surface area contributed by atoms with E-state index in [0.717, 1.165) is 36.5 Å². The molecule has 0 amide bonds. The van der Waals surface area contributed by atoms with Gasteiger partial charge in [-0.2, -0.15) is 0 Å². The van der Waals surface area contributed by atoms with Crippen molar-refractivity contribution in [2.24, 2.45) is 0 Å². The van der Waals surface area contributed by atoms with Crippen molar-refractivity contribution >= 4 is 11.0 Å². The molecule has 106 valence electrons. The summed E-state index contributed by atoms with van der Waals surface area (Å²) in [7, 11) is 0. The molecule has 0 aliphatic carbocycles. The lowest BCUT2D eigenvalue weighted by Gasteiger charge is -2.15. The van der Waals surface area contributed by atoms with E-state index in [9.17, 15) is 0 Å². The predicted molar refractivity (Wildman–Crippen MR) is 83.0 cm³/mol. The van der Waals surface area contributed by atoms with Crippen LogP contribution in [0.2, 0.25) is 0 Å². The van der Waals surface area contributed by atoms with Gasteiger partial charge in [-0.3, -0.25) is 9.88 Å². The molecule has 1 N–H and O–H groups in total. The molecule has 1 aromatic carbocycles. The van der Waals surface area contributed by atoms with E-state index in [1.807, 2.05) is 18.5 Å². The molecule has 21 heavy (non-hydrogen) atoms. The van der Waals surface area contributed by atoms with Gasteiger partial charge < -0.3 is 4.98 Å². The van der Waals surface area contributed by atoms with Crippen LogP contribution in [-0.2, 0) is 6.54 Å². The van der Waals surface area contributed by atoms with Crippen molar-refractivity contribution in [2.45, 2.75) is 18.9 Å². The third-order valence-electron chi connectivity index (χ3n) is 4.22. The minimum atomic E-state index is 0.513. The van der Waals surface area contributed by atoms with Gasteiger partial charge in [0.1, 0.15) is 5.82 Å². The Morgan fingerprint density at radius 2 is 2.00 bits per heavy atom. The average molecular weight is 278 g/mol. The number of pyridine rings is 1. The lowest BCUT2D eigenvalue weighted by molar-refractivity contribution is 0.326. The molecule has 1 aliphatic heterocycles. The van der Waals surface area contributed by atoms with Crippen molar-refractivity contribution in [3.8, 4) is 0 Å². The van der Waals surface area contributed by atoms with E-state index in [4.69, 9.17) is 4.98 Å². The number of fused-ring (bicyclic) bond motifs is 1. The van der Waals surface area contributed by atoms with Gasteiger partial charge in [-0.15, -0.1) is 0 Å². The second-order valence-corrected chi connectivity index (χ2v) is 5.72. The quantitative estimate of drug-likeness (QED) is 0.801. The van der Waals surface area contributed by atoms with E-state index in [1.165, 1.54) is 12.0 Å². The third kappa shape index (κ3) is 2.54. The molecule has 4 nitrogen and oxygen atoms in total. The number of aromatic amines is 1. The van der Waals surface area contributed by atoms with Gasteiger partial charge in [0, 0.05) is 31.4 Å². The Hall–Kier alpha value is -2.20. The van der Waals surface area contributed by atoms with Crippen LogP contribution >= 0.6 is 0 Å². The fourth-order valence-electron chi connectivity index (χ4n) is 3.11. The van der Waals surface area contributed by atoms with E-state index in [2.05, 4.69) is 45.2 Å². The van der Waals surface area contributed by atoms with E-state index in [-0.39, 0.29) is 0 Å². The van der Waals surface area contributed by atoms with Crippen LogP contribution in [0.25, 0.3) is 11.0 Å². The zero-order valence-electron chi connectivity index (χ0n) is 11.9. The van der Waals surface area contributed by atoms with Crippen molar-refractivity contribution in [1.29, 1.82) is 0 Å². The number of H-pyrrole nitrogens is 1. The van der Waals surface area contributed by atoms with Gasteiger partial charge in [0.05, 0.1) is 11.0 Å². The Bertz CT molecular complexity index is 702. The highest BCUT2D eigenvalue weighted by Crippen LogP contribution is 2.27. The lowest BCUT2D eigenvalue weighted by atomic mass is 10.1. The summed E-state index contributed by atoms with van der Waals surface area (Å²) in [6, 6.07) is 12.4. The van der Waals surface area contributed by atoms with Gasteiger partial charge in [0.15, 0.2) is 0 Å². The van der Waals surface area contributed by atoms with Gasteiger partial charge in [-0.1, -0.05) is 12.1 Å². The molecule has 1 fully saturated rings. The van der Waals surface area contributed by atoms with Crippen LogP contribution in [0.4, 0.5) is 0 Å². The van der Waals surface area contributed by atoms with Gasteiger partial charge in [-0.05, 0) is 42.8 Å². The zero-order chi connectivity index (χ0) is 14.1. The Balaban J connectivity index is 1.48. The van der Waals surface area contributed by atoms with Crippen LogP contribution in [0.15, 0.2) is 48.8 Å². The first kappa shape index (κ1) is 12.5. The average Bonchev–Trinajstić information content (AvgIpc) is 3.14. The van der Waals surface area contributed by atoms with Gasteiger partial charge in [0.25, 0.3) is 0 Å². The van der Waals surface area contributed by atoms with Crippen LogP contribution in [0.1, 0.15) is 23.7 Å². The summed E-state index contributed by atoms with van der Waals surface area (Å²) in [6.45, 7) is 3.20. The molecular formula is C17H18N4. The molecule has 0 radical (unpaired) electrons. The summed E-state index contributed by atoms with van der Waals surface area (Å²) in [5, 5.41) is 0. The number of imidazole rings is 1. The number of benzene rings is 1. The van der Waals surface area contributed by atoms with E-state index in [1.54, 1.807) is 0 Å². The van der Waals surface area contributed by atoms with Gasteiger partial charge in [0.2, 0.25) is 0 Å². The predicted octanol–water partition coefficient (Wildman–Crippen LogP) is 2.95. The molecular weight excluding hydrogens is 260 g/mol. The normalized spacial score (nSPS) is 19.3. The highest BCUT2D eigenvalue weighted by Gasteiger charge is 2.26. The molecule has 1 aliphatic rings. The monoisotopic (exact) mass is 278 g/mol. The SMILES string of the molecule is c1ccc2[nH]c(C3CCN(Cc4ccncc4)C3)nc2c1. The van der Waals surface area contributed by atoms with Crippen molar-refractivity contribution in [2.75, 3.05) is 13.1 Å². The first-order chi connectivity index (χ1) is 10.4. The molecule has 3 heterocycles. The summed E-state index contributed by atoms with van der Waals surface area (Å²) in [5.41, 5.74) is 3.54. The Labute approximate surface area is 123 Å². The van der Waals surface area contributed by atoms with Crippen molar-refractivity contribution in [3.05, 3.63) is 60.2 Å². The number of hydrogen-bond donors (Lipinski definition) is 1. The number of hydrogen-bond acceptors (Lipinski definition) is 3. The molecule has 0 saturated carbocycles. The van der Waals surface area contributed by atoms with Gasteiger partial charge >= 0.3 is 0 Å². The fraction of sp³-hybridized carbons (Fsp3) is 0.294. The first-order valence-corrected chi connectivity index (χ1v) is 7.44. The molecule has 1 unspecified atom stereocenters. The maximum atomic E-state index is 4.74.